The number of hydrogen-bond donors (Lipinski definition) is 0. The minimum atomic E-state index is 0.338. The van der Waals surface area contributed by atoms with Crippen LogP contribution >= 0.6 is 43.2 Å². The molecule has 0 amide bonds. The molecule has 0 saturated heterocycles. The number of hydrogen-bond acceptors (Lipinski definition) is 8. The minimum absolute atomic E-state index is 0.338. The number of rotatable bonds is 10. The van der Waals surface area contributed by atoms with E-state index in [1.807, 2.05) is 65.7 Å². The second kappa shape index (κ2) is 25.1. The molecular weight excluding hydrogens is 453 g/mol. The van der Waals surface area contributed by atoms with Crippen LogP contribution in [0.5, 0.6) is 0 Å². The van der Waals surface area contributed by atoms with Crippen LogP contribution in [0.3, 0.4) is 0 Å². The highest BCUT2D eigenvalue weighted by Gasteiger charge is 2.17. The molecule has 1 aromatic heterocycles. The summed E-state index contributed by atoms with van der Waals surface area (Å²) in [5.74, 6) is 4.94. The number of nitrogens with zero attached hydrogens (tertiary/aromatic N) is 6. The van der Waals surface area contributed by atoms with E-state index in [0.29, 0.717) is 6.04 Å². The molecule has 10 heteroatoms. The van der Waals surface area contributed by atoms with Crippen molar-refractivity contribution in [1.82, 2.24) is 15.0 Å². The highest BCUT2D eigenvalue weighted by atomic mass is 33.1. The molecule has 1 aromatic rings. The van der Waals surface area contributed by atoms with Crippen molar-refractivity contribution >= 4 is 49.4 Å². The van der Waals surface area contributed by atoms with Gasteiger partial charge < -0.3 is 0 Å². The molecule has 1 atom stereocenters. The van der Waals surface area contributed by atoms with Gasteiger partial charge in [-0.25, -0.2) is 0 Å². The maximum Gasteiger partial charge on any atom is 0.222 e. The summed E-state index contributed by atoms with van der Waals surface area (Å²) in [6, 6.07) is 0.338. The zero-order valence-corrected chi connectivity index (χ0v) is 23.5. The van der Waals surface area contributed by atoms with Crippen molar-refractivity contribution in [2.75, 3.05) is 29.6 Å². The smallest absolute Gasteiger partial charge is 0.222 e. The van der Waals surface area contributed by atoms with Crippen molar-refractivity contribution in [1.29, 1.82) is 0 Å². The monoisotopic (exact) mass is 495 g/mol. The lowest BCUT2D eigenvalue weighted by Crippen LogP contribution is -2.06. The Morgan fingerprint density at radius 1 is 0.867 bits per heavy atom. The van der Waals surface area contributed by atoms with E-state index in [1.54, 1.807) is 0 Å². The zero-order valence-electron chi connectivity index (χ0n) is 20.2. The summed E-state index contributed by atoms with van der Waals surface area (Å²) < 4.78 is 3.70. The summed E-state index contributed by atoms with van der Waals surface area (Å²) >= 11 is 0. The van der Waals surface area contributed by atoms with Crippen LogP contribution in [0.4, 0.5) is 0 Å². The summed E-state index contributed by atoms with van der Waals surface area (Å²) in [5.41, 5.74) is 1.07. The van der Waals surface area contributed by atoms with Crippen LogP contribution in [0.2, 0.25) is 0 Å². The second-order valence-electron chi connectivity index (χ2n) is 5.63. The van der Waals surface area contributed by atoms with Gasteiger partial charge in [0.15, 0.2) is 0 Å². The van der Waals surface area contributed by atoms with Crippen LogP contribution in [0.25, 0.3) is 0 Å². The summed E-state index contributed by atoms with van der Waals surface area (Å²) in [4.78, 5) is 0. The standard InChI is InChI=1S/C6H12N3.C6H11N3.2C4H10S2/c2*1-3-6-5-9(4-2)8-7-6;2*1-3-5-6-4-2/h5-6H,3-4H2,1-2H3;5H,3-4H2,1-2H3;2*3-4H2,1-2H3/q+1;;;. The van der Waals surface area contributed by atoms with Crippen molar-refractivity contribution in [2.24, 2.45) is 10.3 Å². The Balaban J connectivity index is 0. The van der Waals surface area contributed by atoms with Crippen LogP contribution in [-0.2, 0) is 13.0 Å². The van der Waals surface area contributed by atoms with E-state index in [-0.39, 0.29) is 0 Å². The average molecular weight is 496 g/mol. The number of aromatic nitrogens is 3. The van der Waals surface area contributed by atoms with Gasteiger partial charge in [-0.15, -0.1) is 9.78 Å². The molecule has 0 saturated carbocycles. The van der Waals surface area contributed by atoms with E-state index < -0.39 is 0 Å². The van der Waals surface area contributed by atoms with Gasteiger partial charge >= 0.3 is 0 Å². The number of aryl methyl sites for hydroxylation is 2. The molecule has 1 aliphatic rings. The summed E-state index contributed by atoms with van der Waals surface area (Å²) in [7, 11) is 7.70. The molecule has 6 nitrogen and oxygen atoms in total. The first kappa shape index (κ1) is 32.0. The topological polar surface area (TPSA) is 58.4 Å². The molecule has 0 N–H and O–H groups in total. The van der Waals surface area contributed by atoms with Crippen molar-refractivity contribution in [2.45, 2.75) is 80.8 Å². The van der Waals surface area contributed by atoms with Gasteiger partial charge in [0.2, 0.25) is 6.04 Å². The molecule has 0 bridgehead atoms. The van der Waals surface area contributed by atoms with Crippen LogP contribution in [0.15, 0.2) is 16.5 Å². The summed E-state index contributed by atoms with van der Waals surface area (Å²) in [6.45, 7) is 18.8. The molecule has 0 spiro atoms. The third-order valence-electron chi connectivity index (χ3n) is 3.31. The van der Waals surface area contributed by atoms with E-state index in [9.17, 15) is 0 Å². The highest BCUT2D eigenvalue weighted by molar-refractivity contribution is 8.77. The molecule has 0 radical (unpaired) electrons. The van der Waals surface area contributed by atoms with Crippen molar-refractivity contribution in [3.63, 3.8) is 0 Å². The Morgan fingerprint density at radius 3 is 1.63 bits per heavy atom. The lowest BCUT2D eigenvalue weighted by atomic mass is 10.3. The zero-order chi connectivity index (χ0) is 23.0. The predicted octanol–water partition coefficient (Wildman–Crippen LogP) is 6.92. The summed E-state index contributed by atoms with van der Waals surface area (Å²) in [6.07, 6.45) is 6.06. The SMILES string of the molecule is CCC1C=[N+](CC)N=N1.CCSSCC.CCSSCC.CCc1cn(CC)nn1. The lowest BCUT2D eigenvalue weighted by Gasteiger charge is -1.86. The Morgan fingerprint density at radius 2 is 1.40 bits per heavy atom. The van der Waals surface area contributed by atoms with Crippen molar-refractivity contribution in [3.05, 3.63) is 11.9 Å². The maximum atomic E-state index is 4.00. The van der Waals surface area contributed by atoms with E-state index >= 15 is 0 Å². The Kier molecular flexibility index (Phi) is 26.7. The molecule has 2 rings (SSSR count). The lowest BCUT2D eigenvalue weighted by molar-refractivity contribution is -0.528. The van der Waals surface area contributed by atoms with Gasteiger partial charge in [-0.1, -0.05) is 89.9 Å². The van der Waals surface area contributed by atoms with Gasteiger partial charge in [0.25, 0.3) is 0 Å². The first-order chi connectivity index (χ1) is 14.6. The van der Waals surface area contributed by atoms with Crippen LogP contribution in [-0.4, -0.2) is 61.5 Å². The van der Waals surface area contributed by atoms with Crippen molar-refractivity contribution < 1.29 is 4.68 Å². The summed E-state index contributed by atoms with van der Waals surface area (Å²) in [5, 5.41) is 15.7. The van der Waals surface area contributed by atoms with E-state index in [1.165, 1.54) is 23.0 Å². The molecule has 1 unspecified atom stereocenters. The van der Waals surface area contributed by atoms with Gasteiger partial charge in [0, 0.05) is 40.9 Å². The van der Waals surface area contributed by atoms with Gasteiger partial charge in [0.05, 0.1) is 5.69 Å². The quantitative estimate of drug-likeness (QED) is 0.199. The molecule has 0 aliphatic carbocycles. The molecule has 0 aromatic carbocycles. The molecule has 176 valence electrons. The average Bonchev–Trinajstić information content (AvgIpc) is 3.46. The van der Waals surface area contributed by atoms with Gasteiger partial charge in [0.1, 0.15) is 18.0 Å². The Bertz CT molecular complexity index is 503. The molecular formula is C20H43N6S4+. The van der Waals surface area contributed by atoms with E-state index in [2.05, 4.69) is 75.3 Å². The third kappa shape index (κ3) is 19.8. The van der Waals surface area contributed by atoms with Gasteiger partial charge in [-0.05, 0) is 26.7 Å². The van der Waals surface area contributed by atoms with Gasteiger partial charge in [-0.3, -0.25) is 4.68 Å². The minimum Gasteiger partial charge on any atom is -0.253 e. The molecule has 30 heavy (non-hydrogen) atoms. The van der Waals surface area contributed by atoms with E-state index in [4.69, 9.17) is 0 Å². The molecule has 2 heterocycles. The first-order valence-corrected chi connectivity index (χ1v) is 15.9. The van der Waals surface area contributed by atoms with E-state index in [0.717, 1.165) is 31.6 Å². The fraction of sp³-hybridized carbons (Fsp3) is 0.850. The third-order valence-corrected chi connectivity index (χ3v) is 8.42. The largest absolute Gasteiger partial charge is 0.253 e. The normalized spacial score (nSPS) is 14.0. The Labute approximate surface area is 201 Å². The van der Waals surface area contributed by atoms with Crippen LogP contribution in [0.1, 0.15) is 67.5 Å². The van der Waals surface area contributed by atoms with Crippen molar-refractivity contribution in [3.8, 4) is 0 Å². The maximum absolute atomic E-state index is 4.00. The van der Waals surface area contributed by atoms with Crippen LogP contribution < -0.4 is 0 Å². The Hall–Kier alpha value is -0.190. The van der Waals surface area contributed by atoms with Gasteiger partial charge in [-0.2, -0.15) is 0 Å². The fourth-order valence-electron chi connectivity index (χ4n) is 1.74. The predicted molar refractivity (Wildman–Crippen MR) is 143 cm³/mol. The molecule has 0 fully saturated rings. The molecule has 1 aliphatic heterocycles. The second-order valence-corrected chi connectivity index (χ2v) is 11.7. The first-order valence-electron chi connectivity index (χ1n) is 11.0. The fourth-order valence-corrected chi connectivity index (χ4v) is 4.40. The highest BCUT2D eigenvalue weighted by Crippen LogP contribution is 2.19. The van der Waals surface area contributed by atoms with Crippen LogP contribution in [0, 0.1) is 0 Å².